The first-order valence-corrected chi connectivity index (χ1v) is 4.90. The van der Waals surface area contributed by atoms with E-state index in [2.05, 4.69) is 35.1 Å². The highest BCUT2D eigenvalue weighted by Crippen LogP contribution is 2.09. The molecule has 0 saturated heterocycles. The average molecular weight is 222 g/mol. The molecule has 0 aliphatic heterocycles. The molecule has 0 aromatic heterocycles. The number of rotatable bonds is 4. The van der Waals surface area contributed by atoms with Crippen molar-refractivity contribution in [2.75, 3.05) is 6.54 Å². The molecule has 2 nitrogen and oxygen atoms in total. The van der Waals surface area contributed by atoms with E-state index in [9.17, 15) is 4.79 Å². The van der Waals surface area contributed by atoms with Gasteiger partial charge in [-0.1, -0.05) is 36.7 Å². The Labute approximate surface area is 76.9 Å². The van der Waals surface area contributed by atoms with Gasteiger partial charge in [-0.25, -0.2) is 0 Å². The number of hydrogen-bond donors (Lipinski definition) is 1. The maximum absolute atomic E-state index is 10.8. The molecular formula is C8H16BrNO. The average Bonchev–Trinajstić information content (AvgIpc) is 1.99. The van der Waals surface area contributed by atoms with Crippen molar-refractivity contribution < 1.29 is 4.79 Å². The number of halogens is 1. The van der Waals surface area contributed by atoms with Crippen LogP contribution >= 0.6 is 15.9 Å². The van der Waals surface area contributed by atoms with E-state index in [0.29, 0.717) is 17.2 Å². The van der Waals surface area contributed by atoms with Crippen molar-refractivity contribution in [3.05, 3.63) is 0 Å². The second kappa shape index (κ2) is 5.58. The standard InChI is InChI=1S/C8H16BrNO/c1-4-8(11)10-5-7(9)6(2)3/h6-7H,4-5H2,1-3H3,(H,10,11). The second-order valence-electron chi connectivity index (χ2n) is 2.92. The fourth-order valence-corrected chi connectivity index (χ4v) is 0.734. The highest BCUT2D eigenvalue weighted by molar-refractivity contribution is 9.09. The van der Waals surface area contributed by atoms with Crippen molar-refractivity contribution in [2.45, 2.75) is 32.0 Å². The minimum atomic E-state index is 0.120. The molecule has 3 heteroatoms. The lowest BCUT2D eigenvalue weighted by Crippen LogP contribution is -2.31. The Morgan fingerprint density at radius 2 is 2.09 bits per heavy atom. The second-order valence-corrected chi connectivity index (χ2v) is 4.09. The quantitative estimate of drug-likeness (QED) is 0.723. The number of amides is 1. The van der Waals surface area contributed by atoms with Crippen LogP contribution in [0, 0.1) is 5.92 Å². The van der Waals surface area contributed by atoms with Crippen molar-refractivity contribution in [3.8, 4) is 0 Å². The first-order valence-electron chi connectivity index (χ1n) is 3.98. The molecule has 0 fully saturated rings. The minimum Gasteiger partial charge on any atom is -0.355 e. The third-order valence-electron chi connectivity index (χ3n) is 1.54. The van der Waals surface area contributed by atoms with Gasteiger partial charge in [0.05, 0.1) is 0 Å². The summed E-state index contributed by atoms with van der Waals surface area (Å²) in [5.41, 5.74) is 0. The van der Waals surface area contributed by atoms with Crippen LogP contribution in [-0.4, -0.2) is 17.3 Å². The Kier molecular flexibility index (Phi) is 5.56. The predicted molar refractivity (Wildman–Crippen MR) is 50.9 cm³/mol. The third-order valence-corrected chi connectivity index (χ3v) is 2.92. The fraction of sp³-hybridized carbons (Fsp3) is 0.875. The van der Waals surface area contributed by atoms with Gasteiger partial charge in [0.1, 0.15) is 0 Å². The van der Waals surface area contributed by atoms with E-state index >= 15 is 0 Å². The summed E-state index contributed by atoms with van der Waals surface area (Å²) >= 11 is 3.49. The van der Waals surface area contributed by atoms with Crippen LogP contribution in [0.5, 0.6) is 0 Å². The van der Waals surface area contributed by atoms with E-state index in [1.807, 2.05) is 6.92 Å². The molecule has 0 heterocycles. The Hall–Kier alpha value is -0.0500. The van der Waals surface area contributed by atoms with Crippen LogP contribution in [0.3, 0.4) is 0 Å². The molecule has 0 aromatic carbocycles. The Balaban J connectivity index is 3.45. The largest absolute Gasteiger partial charge is 0.355 e. The molecule has 0 aliphatic rings. The summed E-state index contributed by atoms with van der Waals surface area (Å²) in [6.07, 6.45) is 0.567. The molecule has 0 rings (SSSR count). The molecule has 1 atom stereocenters. The van der Waals surface area contributed by atoms with Crippen LogP contribution in [-0.2, 0) is 4.79 Å². The van der Waals surface area contributed by atoms with E-state index in [0.717, 1.165) is 6.54 Å². The summed E-state index contributed by atoms with van der Waals surface area (Å²) in [6, 6.07) is 0. The highest BCUT2D eigenvalue weighted by atomic mass is 79.9. The molecule has 0 radical (unpaired) electrons. The van der Waals surface area contributed by atoms with Crippen LogP contribution in [0.25, 0.3) is 0 Å². The summed E-state index contributed by atoms with van der Waals surface area (Å²) in [7, 11) is 0. The minimum absolute atomic E-state index is 0.120. The van der Waals surface area contributed by atoms with E-state index < -0.39 is 0 Å². The lowest BCUT2D eigenvalue weighted by Gasteiger charge is -2.13. The molecule has 0 spiro atoms. The van der Waals surface area contributed by atoms with Crippen LogP contribution < -0.4 is 5.32 Å². The topological polar surface area (TPSA) is 29.1 Å². The van der Waals surface area contributed by atoms with Gasteiger partial charge in [0.25, 0.3) is 0 Å². The van der Waals surface area contributed by atoms with Gasteiger partial charge in [0, 0.05) is 17.8 Å². The van der Waals surface area contributed by atoms with Gasteiger partial charge in [-0.15, -0.1) is 0 Å². The van der Waals surface area contributed by atoms with E-state index in [1.54, 1.807) is 0 Å². The SMILES string of the molecule is CCC(=O)NCC(Br)C(C)C. The Bertz CT molecular complexity index is 125. The van der Waals surface area contributed by atoms with Crippen LogP contribution in [0.15, 0.2) is 0 Å². The first kappa shape index (κ1) is 11.0. The predicted octanol–water partition coefficient (Wildman–Crippen LogP) is 1.93. The van der Waals surface area contributed by atoms with Crippen LogP contribution in [0.1, 0.15) is 27.2 Å². The molecule has 0 bridgehead atoms. The smallest absolute Gasteiger partial charge is 0.219 e. The summed E-state index contributed by atoms with van der Waals surface area (Å²) in [5.74, 6) is 0.683. The molecule has 1 unspecified atom stereocenters. The van der Waals surface area contributed by atoms with Crippen LogP contribution in [0.4, 0.5) is 0 Å². The van der Waals surface area contributed by atoms with Gasteiger partial charge in [0.15, 0.2) is 0 Å². The van der Waals surface area contributed by atoms with Crippen molar-refractivity contribution in [2.24, 2.45) is 5.92 Å². The van der Waals surface area contributed by atoms with E-state index in [1.165, 1.54) is 0 Å². The Morgan fingerprint density at radius 1 is 1.55 bits per heavy atom. The maximum atomic E-state index is 10.8. The van der Waals surface area contributed by atoms with Gasteiger partial charge in [-0.05, 0) is 5.92 Å². The van der Waals surface area contributed by atoms with Gasteiger partial charge >= 0.3 is 0 Å². The number of carbonyl (C=O) groups excluding carboxylic acids is 1. The summed E-state index contributed by atoms with van der Waals surface area (Å²) in [4.78, 5) is 11.2. The van der Waals surface area contributed by atoms with E-state index in [4.69, 9.17) is 0 Å². The molecule has 0 saturated carbocycles. The molecule has 0 aromatic rings. The maximum Gasteiger partial charge on any atom is 0.219 e. The zero-order chi connectivity index (χ0) is 8.85. The molecular weight excluding hydrogens is 206 g/mol. The van der Waals surface area contributed by atoms with Crippen molar-refractivity contribution in [1.82, 2.24) is 5.32 Å². The Morgan fingerprint density at radius 3 is 2.45 bits per heavy atom. The lowest BCUT2D eigenvalue weighted by atomic mass is 10.1. The zero-order valence-corrected chi connectivity index (χ0v) is 8.94. The number of hydrogen-bond acceptors (Lipinski definition) is 1. The molecule has 0 aliphatic carbocycles. The van der Waals surface area contributed by atoms with Gasteiger partial charge in [-0.3, -0.25) is 4.79 Å². The summed E-state index contributed by atoms with van der Waals surface area (Å²) in [5, 5.41) is 2.83. The number of carbonyl (C=O) groups is 1. The van der Waals surface area contributed by atoms with Crippen molar-refractivity contribution >= 4 is 21.8 Å². The van der Waals surface area contributed by atoms with Gasteiger partial charge < -0.3 is 5.32 Å². The van der Waals surface area contributed by atoms with Crippen molar-refractivity contribution in [3.63, 3.8) is 0 Å². The number of alkyl halides is 1. The van der Waals surface area contributed by atoms with Gasteiger partial charge in [0.2, 0.25) is 5.91 Å². The number of nitrogens with one attached hydrogen (secondary N) is 1. The third kappa shape index (κ3) is 5.24. The monoisotopic (exact) mass is 221 g/mol. The molecule has 66 valence electrons. The fourth-order valence-electron chi connectivity index (χ4n) is 0.572. The van der Waals surface area contributed by atoms with Crippen molar-refractivity contribution in [1.29, 1.82) is 0 Å². The zero-order valence-electron chi connectivity index (χ0n) is 7.36. The van der Waals surface area contributed by atoms with E-state index in [-0.39, 0.29) is 5.91 Å². The normalized spacial score (nSPS) is 13.2. The first-order chi connectivity index (χ1) is 5.07. The summed E-state index contributed by atoms with van der Waals surface area (Å²) < 4.78 is 0. The lowest BCUT2D eigenvalue weighted by molar-refractivity contribution is -0.120. The summed E-state index contributed by atoms with van der Waals surface area (Å²) in [6.45, 7) is 6.83. The van der Waals surface area contributed by atoms with Gasteiger partial charge in [-0.2, -0.15) is 0 Å². The van der Waals surface area contributed by atoms with Crippen LogP contribution in [0.2, 0.25) is 0 Å². The molecule has 11 heavy (non-hydrogen) atoms. The molecule has 1 amide bonds. The molecule has 1 N–H and O–H groups in total. The highest BCUT2D eigenvalue weighted by Gasteiger charge is 2.09.